The first-order valence-electron chi connectivity index (χ1n) is 14.4. The van der Waals surface area contributed by atoms with Gasteiger partial charge in [0.1, 0.15) is 17.8 Å². The standard InChI is InChI=1S/C32H33ClN4O6S/c1-4-34-20-21-7-14-29(42-3)26(18-21)32(36-16-5-6-28(36)30-35-15-17-43-30)25-19-22(33)8-13-27(25)37(31(32)38)44(39,40)24-11-9-23(41-2)10-12-24/h7-15,17-19,28,34H,4-6,16,20H2,1-3H3/t28-,32?/m0/s1. The van der Waals surface area contributed by atoms with Gasteiger partial charge in [-0.3, -0.25) is 9.69 Å². The fourth-order valence-electron chi connectivity index (χ4n) is 6.37. The van der Waals surface area contributed by atoms with E-state index in [4.69, 9.17) is 25.5 Å². The molecule has 6 rings (SSSR count). The van der Waals surface area contributed by atoms with Crippen LogP contribution in [-0.4, -0.2) is 51.5 Å². The van der Waals surface area contributed by atoms with Crippen molar-refractivity contribution in [2.24, 2.45) is 0 Å². The van der Waals surface area contributed by atoms with Gasteiger partial charge in [0.25, 0.3) is 15.9 Å². The van der Waals surface area contributed by atoms with Gasteiger partial charge < -0.3 is 19.2 Å². The molecule has 0 bridgehead atoms. The van der Waals surface area contributed by atoms with Crippen LogP contribution in [0.2, 0.25) is 5.02 Å². The molecule has 0 saturated carbocycles. The Hall–Kier alpha value is -3.90. The summed E-state index contributed by atoms with van der Waals surface area (Å²) in [5.41, 5.74) is 0.414. The molecular formula is C32H33ClN4O6S. The minimum atomic E-state index is -4.40. The van der Waals surface area contributed by atoms with Crippen LogP contribution in [0.25, 0.3) is 0 Å². The maximum atomic E-state index is 15.4. The minimum Gasteiger partial charge on any atom is -0.497 e. The summed E-state index contributed by atoms with van der Waals surface area (Å²) in [6.45, 7) is 3.76. The lowest BCUT2D eigenvalue weighted by Gasteiger charge is -2.41. The van der Waals surface area contributed by atoms with Gasteiger partial charge in [-0.05, 0) is 79.5 Å². The van der Waals surface area contributed by atoms with Crippen molar-refractivity contribution in [3.05, 3.63) is 101 Å². The number of likely N-dealkylation sites (tertiary alicyclic amines) is 1. The number of amides is 1. The number of anilines is 1. The van der Waals surface area contributed by atoms with Crippen LogP contribution in [0.4, 0.5) is 5.69 Å². The molecule has 3 heterocycles. The summed E-state index contributed by atoms with van der Waals surface area (Å²) in [7, 11) is -1.36. The summed E-state index contributed by atoms with van der Waals surface area (Å²) in [5.74, 6) is 0.707. The number of methoxy groups -OCH3 is 2. The largest absolute Gasteiger partial charge is 0.497 e. The highest BCUT2D eigenvalue weighted by Gasteiger charge is 2.62. The zero-order valence-corrected chi connectivity index (χ0v) is 26.2. The highest BCUT2D eigenvalue weighted by Crippen LogP contribution is 2.56. The molecule has 2 aliphatic heterocycles. The van der Waals surface area contributed by atoms with Gasteiger partial charge in [-0.2, -0.15) is 0 Å². The van der Waals surface area contributed by atoms with Crippen LogP contribution in [0.3, 0.4) is 0 Å². The molecule has 12 heteroatoms. The highest BCUT2D eigenvalue weighted by molar-refractivity contribution is 7.93. The molecule has 1 aromatic heterocycles. The fourth-order valence-corrected chi connectivity index (χ4v) is 8.00. The second kappa shape index (κ2) is 11.9. The van der Waals surface area contributed by atoms with E-state index in [0.29, 0.717) is 53.0 Å². The Bertz CT molecular complexity index is 1780. The van der Waals surface area contributed by atoms with E-state index in [1.54, 1.807) is 36.5 Å². The monoisotopic (exact) mass is 636 g/mol. The summed E-state index contributed by atoms with van der Waals surface area (Å²) in [5, 5.41) is 3.69. The average Bonchev–Trinajstić information content (AvgIpc) is 3.79. The maximum absolute atomic E-state index is 15.4. The van der Waals surface area contributed by atoms with E-state index in [1.807, 2.05) is 30.0 Å². The number of carbonyl (C=O) groups is 1. The van der Waals surface area contributed by atoms with Crippen LogP contribution < -0.4 is 19.1 Å². The predicted molar refractivity (Wildman–Crippen MR) is 165 cm³/mol. The Morgan fingerprint density at radius 3 is 2.55 bits per heavy atom. The Morgan fingerprint density at radius 2 is 1.86 bits per heavy atom. The Balaban J connectivity index is 1.66. The van der Waals surface area contributed by atoms with Gasteiger partial charge in [0.2, 0.25) is 5.89 Å². The van der Waals surface area contributed by atoms with Gasteiger partial charge in [-0.15, -0.1) is 0 Å². The van der Waals surface area contributed by atoms with E-state index >= 15 is 4.79 Å². The van der Waals surface area contributed by atoms with Gasteiger partial charge in [0.05, 0.1) is 37.0 Å². The third-order valence-corrected chi connectivity index (χ3v) is 10.3. The number of nitrogens with zero attached hydrogens (tertiary/aromatic N) is 3. The van der Waals surface area contributed by atoms with E-state index < -0.39 is 27.5 Å². The molecule has 3 aromatic carbocycles. The summed E-state index contributed by atoms with van der Waals surface area (Å²) in [6, 6.07) is 16.1. The first-order valence-corrected chi connectivity index (χ1v) is 16.2. The first-order chi connectivity index (χ1) is 21.3. The molecule has 0 aliphatic carbocycles. The van der Waals surface area contributed by atoms with Crippen molar-refractivity contribution in [3.63, 3.8) is 0 Å². The summed E-state index contributed by atoms with van der Waals surface area (Å²) >= 11 is 6.63. The van der Waals surface area contributed by atoms with Crippen molar-refractivity contribution in [2.45, 2.75) is 42.8 Å². The number of ether oxygens (including phenoxy) is 2. The number of fused-ring (bicyclic) bond motifs is 1. The van der Waals surface area contributed by atoms with Crippen LogP contribution >= 0.6 is 11.6 Å². The van der Waals surface area contributed by atoms with Crippen LogP contribution in [0, 0.1) is 0 Å². The van der Waals surface area contributed by atoms with E-state index in [1.165, 1.54) is 32.6 Å². The van der Waals surface area contributed by atoms with Crippen molar-refractivity contribution >= 4 is 33.2 Å². The Morgan fingerprint density at radius 1 is 1.07 bits per heavy atom. The van der Waals surface area contributed by atoms with E-state index in [2.05, 4.69) is 10.3 Å². The normalized spacial score (nSPS) is 20.2. The third kappa shape index (κ3) is 4.75. The molecule has 1 N–H and O–H groups in total. The number of carbonyl (C=O) groups excluding carboxylic acids is 1. The topological polar surface area (TPSA) is 114 Å². The SMILES string of the molecule is CCNCc1ccc(OC)c(C2(N3CCC[C@H]3c3ncco3)C(=O)N(S(=O)(=O)c3ccc(OC)cc3)c3ccc(Cl)cc32)c1. The van der Waals surface area contributed by atoms with E-state index in [0.717, 1.165) is 22.8 Å². The Kier molecular flexibility index (Phi) is 8.14. The Labute approximate surface area is 261 Å². The molecule has 10 nitrogen and oxygen atoms in total. The molecular weight excluding hydrogens is 604 g/mol. The number of hydrogen-bond donors (Lipinski definition) is 1. The summed E-state index contributed by atoms with van der Waals surface area (Å²) in [6.07, 6.45) is 4.44. The van der Waals surface area contributed by atoms with Crippen molar-refractivity contribution in [1.29, 1.82) is 0 Å². The number of oxazole rings is 1. The van der Waals surface area contributed by atoms with Gasteiger partial charge in [-0.1, -0.05) is 24.6 Å². The molecule has 0 radical (unpaired) electrons. The number of halogens is 1. The second-order valence-corrected chi connectivity index (χ2v) is 12.9. The van der Waals surface area contributed by atoms with Crippen LogP contribution in [0.1, 0.15) is 48.4 Å². The number of aromatic nitrogens is 1. The number of benzene rings is 3. The molecule has 2 aliphatic rings. The molecule has 2 atom stereocenters. The van der Waals surface area contributed by atoms with E-state index in [-0.39, 0.29) is 10.6 Å². The second-order valence-electron chi connectivity index (χ2n) is 10.7. The lowest BCUT2D eigenvalue weighted by Crippen LogP contribution is -2.54. The average molecular weight is 637 g/mol. The van der Waals surface area contributed by atoms with Gasteiger partial charge in [0, 0.05) is 29.2 Å². The van der Waals surface area contributed by atoms with Gasteiger partial charge >= 0.3 is 0 Å². The van der Waals surface area contributed by atoms with Crippen molar-refractivity contribution in [1.82, 2.24) is 15.2 Å². The quantitative estimate of drug-likeness (QED) is 0.249. The lowest BCUT2D eigenvalue weighted by atomic mass is 9.80. The maximum Gasteiger partial charge on any atom is 0.271 e. The zero-order chi connectivity index (χ0) is 31.1. The highest BCUT2D eigenvalue weighted by atomic mass is 35.5. The summed E-state index contributed by atoms with van der Waals surface area (Å²) < 4.78 is 46.7. The minimum absolute atomic E-state index is 0.0538. The molecule has 1 amide bonds. The number of sulfonamides is 1. The first kappa shape index (κ1) is 30.1. The van der Waals surface area contributed by atoms with E-state index in [9.17, 15) is 8.42 Å². The molecule has 1 saturated heterocycles. The zero-order valence-electron chi connectivity index (χ0n) is 24.6. The third-order valence-electron chi connectivity index (χ3n) is 8.31. The molecule has 230 valence electrons. The van der Waals surface area contributed by atoms with Gasteiger partial charge in [0.15, 0.2) is 5.54 Å². The number of nitrogens with one attached hydrogen (secondary N) is 1. The predicted octanol–water partition coefficient (Wildman–Crippen LogP) is 5.27. The van der Waals surface area contributed by atoms with Crippen LogP contribution in [0.5, 0.6) is 11.5 Å². The molecule has 44 heavy (non-hydrogen) atoms. The molecule has 1 fully saturated rings. The van der Waals surface area contributed by atoms with Crippen molar-refractivity contribution < 1.29 is 27.1 Å². The molecule has 0 spiro atoms. The van der Waals surface area contributed by atoms with Crippen molar-refractivity contribution in [3.8, 4) is 11.5 Å². The molecule has 4 aromatic rings. The van der Waals surface area contributed by atoms with Crippen LogP contribution in [0.15, 0.2) is 82.4 Å². The summed E-state index contributed by atoms with van der Waals surface area (Å²) in [4.78, 5) is 21.7. The number of hydrogen-bond acceptors (Lipinski definition) is 9. The van der Waals surface area contributed by atoms with Crippen molar-refractivity contribution in [2.75, 3.05) is 31.6 Å². The smallest absolute Gasteiger partial charge is 0.271 e. The molecule has 1 unspecified atom stereocenters. The fraction of sp³-hybridized carbons (Fsp3) is 0.312. The van der Waals surface area contributed by atoms with Gasteiger partial charge in [-0.25, -0.2) is 17.7 Å². The van der Waals surface area contributed by atoms with Crippen LogP contribution in [-0.2, 0) is 26.9 Å². The lowest BCUT2D eigenvalue weighted by molar-refractivity contribution is -0.127. The number of rotatable bonds is 10.